The molecule has 0 saturated heterocycles. The topological polar surface area (TPSA) is 60.4 Å². The molecule has 0 radical (unpaired) electrons. The molecule has 1 unspecified atom stereocenters. The highest BCUT2D eigenvalue weighted by atomic mass is 32.2. The Hall–Kier alpha value is -1.36. The Morgan fingerprint density at radius 3 is 2.33 bits per heavy atom. The lowest BCUT2D eigenvalue weighted by Gasteiger charge is -2.12. The van der Waals surface area contributed by atoms with Crippen LogP contribution in [0.3, 0.4) is 0 Å². The third kappa shape index (κ3) is 3.57. The molecule has 1 rings (SSSR count). The maximum Gasteiger partial charge on any atom is 0.307 e. The molecule has 0 N–H and O–H groups in total. The molecule has 0 aliphatic carbocycles. The molecule has 0 aliphatic rings. The molecule has 4 nitrogen and oxygen atoms in total. The van der Waals surface area contributed by atoms with Gasteiger partial charge in [-0.15, -0.1) is 0 Å². The number of sulfone groups is 1. The van der Waals surface area contributed by atoms with E-state index in [1.165, 1.54) is 6.92 Å². The minimum absolute atomic E-state index is 0.121. The Labute approximate surface area is 108 Å². The van der Waals surface area contributed by atoms with Crippen molar-refractivity contribution < 1.29 is 17.9 Å². The van der Waals surface area contributed by atoms with Crippen molar-refractivity contribution in [1.82, 2.24) is 0 Å². The standard InChI is InChI=1S/C13H18O4S/c1-4-17-13(14)9-11(3)18(15,16)12-7-5-10(2)6-8-12/h5-8,11H,4,9H2,1-3H3. The molecule has 18 heavy (non-hydrogen) atoms. The zero-order chi connectivity index (χ0) is 13.8. The predicted octanol–water partition coefficient (Wildman–Crippen LogP) is 2.11. The minimum atomic E-state index is -3.47. The highest BCUT2D eigenvalue weighted by Crippen LogP contribution is 2.19. The van der Waals surface area contributed by atoms with Gasteiger partial charge in [-0.05, 0) is 32.9 Å². The van der Waals surface area contributed by atoms with Crippen molar-refractivity contribution in [2.75, 3.05) is 6.61 Å². The summed E-state index contributed by atoms with van der Waals surface area (Å²) < 4.78 is 29.1. The summed E-state index contributed by atoms with van der Waals surface area (Å²) in [6.07, 6.45) is -0.121. The molecule has 0 amide bonds. The predicted molar refractivity (Wildman–Crippen MR) is 69.1 cm³/mol. The summed E-state index contributed by atoms with van der Waals surface area (Å²) in [5.41, 5.74) is 0.993. The lowest BCUT2D eigenvalue weighted by Crippen LogP contribution is -2.22. The van der Waals surface area contributed by atoms with Crippen LogP contribution in [0.2, 0.25) is 0 Å². The smallest absolute Gasteiger partial charge is 0.307 e. The van der Waals surface area contributed by atoms with Crippen LogP contribution in [-0.2, 0) is 19.4 Å². The largest absolute Gasteiger partial charge is 0.466 e. The van der Waals surface area contributed by atoms with Gasteiger partial charge in [-0.2, -0.15) is 0 Å². The molecule has 0 aliphatic heterocycles. The average molecular weight is 270 g/mol. The van der Waals surface area contributed by atoms with Crippen molar-refractivity contribution in [2.24, 2.45) is 0 Å². The molecule has 0 spiro atoms. The average Bonchev–Trinajstić information content (AvgIpc) is 2.29. The van der Waals surface area contributed by atoms with E-state index in [-0.39, 0.29) is 17.9 Å². The zero-order valence-electron chi connectivity index (χ0n) is 10.8. The molecule has 1 aromatic rings. The number of carbonyl (C=O) groups excluding carboxylic acids is 1. The van der Waals surface area contributed by atoms with Gasteiger partial charge >= 0.3 is 5.97 Å². The third-order valence-corrected chi connectivity index (χ3v) is 4.79. The number of esters is 1. The van der Waals surface area contributed by atoms with Crippen molar-refractivity contribution in [3.63, 3.8) is 0 Å². The normalized spacial score (nSPS) is 13.1. The Bertz CT molecular complexity index is 502. The quantitative estimate of drug-likeness (QED) is 0.769. The van der Waals surface area contributed by atoms with Crippen LogP contribution in [0.15, 0.2) is 29.2 Å². The van der Waals surface area contributed by atoms with Crippen LogP contribution in [0.5, 0.6) is 0 Å². The van der Waals surface area contributed by atoms with E-state index in [4.69, 9.17) is 4.74 Å². The molecule has 1 atom stereocenters. The molecule has 0 heterocycles. The van der Waals surface area contributed by atoms with E-state index in [1.54, 1.807) is 31.2 Å². The van der Waals surface area contributed by atoms with Gasteiger partial charge < -0.3 is 4.74 Å². The van der Waals surface area contributed by atoms with Gasteiger partial charge in [-0.3, -0.25) is 4.79 Å². The van der Waals surface area contributed by atoms with Gasteiger partial charge in [-0.1, -0.05) is 17.7 Å². The van der Waals surface area contributed by atoms with Crippen LogP contribution >= 0.6 is 0 Å². The van der Waals surface area contributed by atoms with Gasteiger partial charge in [0.25, 0.3) is 0 Å². The van der Waals surface area contributed by atoms with E-state index in [2.05, 4.69) is 0 Å². The maximum absolute atomic E-state index is 12.2. The molecule has 0 fully saturated rings. The van der Waals surface area contributed by atoms with E-state index in [1.807, 2.05) is 6.92 Å². The second-order valence-electron chi connectivity index (χ2n) is 4.18. The second kappa shape index (κ2) is 6.00. The number of hydrogen-bond donors (Lipinski definition) is 0. The summed E-state index contributed by atoms with van der Waals surface area (Å²) in [7, 11) is -3.47. The first-order valence-corrected chi connectivity index (χ1v) is 7.38. The number of rotatable bonds is 5. The zero-order valence-corrected chi connectivity index (χ0v) is 11.7. The number of ether oxygens (including phenoxy) is 1. The van der Waals surface area contributed by atoms with E-state index >= 15 is 0 Å². The van der Waals surface area contributed by atoms with E-state index in [0.29, 0.717) is 0 Å². The Kier molecular flexibility index (Phi) is 4.90. The molecular formula is C13H18O4S. The number of benzene rings is 1. The van der Waals surface area contributed by atoms with Crippen LogP contribution in [0, 0.1) is 6.92 Å². The van der Waals surface area contributed by atoms with Crippen LogP contribution in [0.1, 0.15) is 25.8 Å². The molecule has 0 aromatic heterocycles. The summed E-state index contributed by atoms with van der Waals surface area (Å²) in [6.45, 7) is 5.36. The fraction of sp³-hybridized carbons (Fsp3) is 0.462. The van der Waals surface area contributed by atoms with Crippen molar-refractivity contribution in [2.45, 2.75) is 37.3 Å². The number of aryl methyl sites for hydroxylation is 1. The third-order valence-electron chi connectivity index (χ3n) is 2.64. The summed E-state index contributed by atoms with van der Waals surface area (Å²) in [4.78, 5) is 11.5. The Balaban J connectivity index is 2.86. The first-order chi connectivity index (χ1) is 8.37. The van der Waals surface area contributed by atoms with Gasteiger partial charge in [0, 0.05) is 0 Å². The van der Waals surface area contributed by atoms with Crippen molar-refractivity contribution in [3.8, 4) is 0 Å². The second-order valence-corrected chi connectivity index (χ2v) is 6.54. The van der Waals surface area contributed by atoms with E-state index in [9.17, 15) is 13.2 Å². The first-order valence-electron chi connectivity index (χ1n) is 5.84. The monoisotopic (exact) mass is 270 g/mol. The van der Waals surface area contributed by atoms with Gasteiger partial charge in [0.15, 0.2) is 9.84 Å². The van der Waals surface area contributed by atoms with Crippen molar-refractivity contribution in [1.29, 1.82) is 0 Å². The van der Waals surface area contributed by atoms with Gasteiger partial charge in [-0.25, -0.2) is 8.42 Å². The summed E-state index contributed by atoms with van der Waals surface area (Å²) in [6, 6.07) is 6.60. The summed E-state index contributed by atoms with van der Waals surface area (Å²) >= 11 is 0. The lowest BCUT2D eigenvalue weighted by atomic mass is 10.2. The van der Waals surface area contributed by atoms with Gasteiger partial charge in [0.1, 0.15) is 0 Å². The fourth-order valence-corrected chi connectivity index (χ4v) is 2.86. The lowest BCUT2D eigenvalue weighted by molar-refractivity contribution is -0.143. The summed E-state index contributed by atoms with van der Waals surface area (Å²) in [5, 5.41) is -0.778. The Morgan fingerprint density at radius 2 is 1.83 bits per heavy atom. The molecule has 5 heteroatoms. The van der Waals surface area contributed by atoms with Crippen molar-refractivity contribution >= 4 is 15.8 Å². The van der Waals surface area contributed by atoms with Gasteiger partial charge in [0.2, 0.25) is 0 Å². The highest BCUT2D eigenvalue weighted by molar-refractivity contribution is 7.92. The van der Waals surface area contributed by atoms with Crippen LogP contribution in [0.25, 0.3) is 0 Å². The van der Waals surface area contributed by atoms with E-state index < -0.39 is 21.1 Å². The van der Waals surface area contributed by atoms with E-state index in [0.717, 1.165) is 5.56 Å². The highest BCUT2D eigenvalue weighted by Gasteiger charge is 2.25. The molecule has 0 saturated carbocycles. The molecule has 0 bridgehead atoms. The molecular weight excluding hydrogens is 252 g/mol. The SMILES string of the molecule is CCOC(=O)CC(C)S(=O)(=O)c1ccc(C)cc1. The van der Waals surface area contributed by atoms with Crippen LogP contribution in [-0.4, -0.2) is 26.2 Å². The maximum atomic E-state index is 12.2. The fourth-order valence-electron chi connectivity index (χ4n) is 1.52. The number of carbonyl (C=O) groups is 1. The molecule has 1 aromatic carbocycles. The number of hydrogen-bond acceptors (Lipinski definition) is 4. The van der Waals surface area contributed by atoms with Crippen molar-refractivity contribution in [3.05, 3.63) is 29.8 Å². The Morgan fingerprint density at radius 1 is 1.28 bits per heavy atom. The van der Waals surface area contributed by atoms with Gasteiger partial charge in [0.05, 0.1) is 23.2 Å². The molecule has 100 valence electrons. The van der Waals surface area contributed by atoms with Crippen LogP contribution < -0.4 is 0 Å². The minimum Gasteiger partial charge on any atom is -0.466 e. The first kappa shape index (κ1) is 14.7. The van der Waals surface area contributed by atoms with Crippen LogP contribution in [0.4, 0.5) is 0 Å². The summed E-state index contributed by atoms with van der Waals surface area (Å²) in [5.74, 6) is -0.485.